The molecule has 2 N–H and O–H groups in total. The molecule has 0 aromatic heterocycles. The molecular formula is C18H47NO6Si5. The van der Waals surface area contributed by atoms with Crippen LogP contribution in [0.15, 0.2) is 11.8 Å². The average Bonchev–Trinajstić information content (AvgIpc) is 2.48. The highest BCUT2D eigenvalue weighted by Gasteiger charge is 2.46. The standard InChI is InChI=1S/C18H47NO6Si5/c1-12-21-30(11,18-13-15-19)25-29(9,10)24-28(7,8)23-27(5,6)22-26(3,4)17-14-16-20-2/h14,17H,12-13,15-16,18-19H2,1-11H3/b17-14+. The molecule has 0 aromatic rings. The fourth-order valence-electron chi connectivity index (χ4n) is 3.74. The second-order valence-corrected chi connectivity index (χ2v) is 27.8. The van der Waals surface area contributed by atoms with Gasteiger partial charge in [-0.15, -0.1) is 0 Å². The summed E-state index contributed by atoms with van der Waals surface area (Å²) >= 11 is 0. The summed E-state index contributed by atoms with van der Waals surface area (Å²) in [5.41, 5.74) is 7.87. The van der Waals surface area contributed by atoms with Crippen LogP contribution in [0.5, 0.6) is 0 Å². The van der Waals surface area contributed by atoms with Crippen molar-refractivity contribution in [2.24, 2.45) is 5.73 Å². The summed E-state index contributed by atoms with van der Waals surface area (Å²) < 4.78 is 37.4. The van der Waals surface area contributed by atoms with Gasteiger partial charge in [0.2, 0.25) is 0 Å². The average molecular weight is 514 g/mol. The molecule has 7 nitrogen and oxygen atoms in total. The van der Waals surface area contributed by atoms with E-state index in [1.54, 1.807) is 7.11 Å². The van der Waals surface area contributed by atoms with E-state index < -0.39 is 42.6 Å². The Kier molecular flexibility index (Phi) is 12.9. The van der Waals surface area contributed by atoms with E-state index in [9.17, 15) is 0 Å². The van der Waals surface area contributed by atoms with Crippen molar-refractivity contribution >= 4 is 42.6 Å². The molecule has 0 saturated carbocycles. The SMILES string of the molecule is CCO[Si](C)(CCCN)O[Si](C)(C)O[Si](C)(C)O[Si](C)(C)O[Si](C)(C)/C=C/COC. The van der Waals surface area contributed by atoms with Gasteiger partial charge in [-0.05, 0) is 84.9 Å². The van der Waals surface area contributed by atoms with E-state index in [0.717, 1.165) is 12.5 Å². The molecular weight excluding hydrogens is 467 g/mol. The van der Waals surface area contributed by atoms with Gasteiger partial charge in [-0.25, -0.2) is 0 Å². The van der Waals surface area contributed by atoms with Crippen molar-refractivity contribution in [2.75, 3.05) is 26.9 Å². The van der Waals surface area contributed by atoms with Crippen molar-refractivity contribution in [1.82, 2.24) is 0 Å². The van der Waals surface area contributed by atoms with Crippen LogP contribution in [0.2, 0.25) is 65.0 Å². The molecule has 30 heavy (non-hydrogen) atoms. The van der Waals surface area contributed by atoms with Gasteiger partial charge < -0.3 is 31.4 Å². The first-order valence-corrected chi connectivity index (χ1v) is 24.8. The largest absolute Gasteiger partial charge is 0.433 e. The molecule has 0 aromatic carbocycles. The molecule has 0 heterocycles. The van der Waals surface area contributed by atoms with Crippen LogP contribution in [0.3, 0.4) is 0 Å². The summed E-state index contributed by atoms with van der Waals surface area (Å²) in [6.45, 7) is 22.9. The molecule has 0 amide bonds. The zero-order valence-corrected chi connectivity index (χ0v) is 26.2. The Hall–Kier alpha value is 0.544. The molecule has 0 rings (SSSR count). The van der Waals surface area contributed by atoms with E-state index in [-0.39, 0.29) is 0 Å². The van der Waals surface area contributed by atoms with Gasteiger partial charge in [-0.1, -0.05) is 11.8 Å². The summed E-state index contributed by atoms with van der Waals surface area (Å²) in [7, 11) is -9.98. The molecule has 12 heteroatoms. The van der Waals surface area contributed by atoms with E-state index >= 15 is 0 Å². The van der Waals surface area contributed by atoms with E-state index in [0.29, 0.717) is 19.8 Å². The van der Waals surface area contributed by atoms with Crippen LogP contribution < -0.4 is 5.73 Å². The molecule has 0 aliphatic rings. The van der Waals surface area contributed by atoms with E-state index in [1.165, 1.54) is 0 Å². The van der Waals surface area contributed by atoms with Crippen molar-refractivity contribution in [3.8, 4) is 0 Å². The van der Waals surface area contributed by atoms with E-state index in [4.69, 9.17) is 31.4 Å². The van der Waals surface area contributed by atoms with Gasteiger partial charge in [-0.2, -0.15) is 0 Å². The van der Waals surface area contributed by atoms with Crippen LogP contribution in [-0.4, -0.2) is 69.4 Å². The molecule has 0 aliphatic carbocycles. The summed E-state index contributed by atoms with van der Waals surface area (Å²) in [6.07, 6.45) is 2.93. The Bertz CT molecular complexity index is 533. The van der Waals surface area contributed by atoms with Crippen molar-refractivity contribution in [1.29, 1.82) is 0 Å². The minimum absolute atomic E-state index is 0.593. The van der Waals surface area contributed by atoms with Gasteiger partial charge in [0, 0.05) is 13.7 Å². The Labute approximate surface area is 190 Å². The van der Waals surface area contributed by atoms with Gasteiger partial charge in [0.05, 0.1) is 6.61 Å². The number of methoxy groups -OCH3 is 1. The van der Waals surface area contributed by atoms with Gasteiger partial charge >= 0.3 is 34.2 Å². The lowest BCUT2D eigenvalue weighted by Crippen LogP contribution is -2.59. The molecule has 0 aliphatic heterocycles. The third-order valence-electron chi connectivity index (χ3n) is 4.02. The maximum absolute atomic E-state index is 6.59. The van der Waals surface area contributed by atoms with Gasteiger partial charge in [-0.3, -0.25) is 0 Å². The van der Waals surface area contributed by atoms with Gasteiger partial charge in [0.15, 0.2) is 8.32 Å². The zero-order valence-electron chi connectivity index (χ0n) is 21.2. The number of hydrogen-bond acceptors (Lipinski definition) is 7. The topological polar surface area (TPSA) is 81.4 Å². The first kappa shape index (κ1) is 30.5. The Balaban J connectivity index is 5.16. The fraction of sp³-hybridized carbons (Fsp3) is 0.889. The lowest BCUT2D eigenvalue weighted by atomic mass is 10.5. The van der Waals surface area contributed by atoms with Gasteiger partial charge in [0.25, 0.3) is 0 Å². The van der Waals surface area contributed by atoms with Crippen molar-refractivity contribution < 1.29 is 25.6 Å². The lowest BCUT2D eigenvalue weighted by molar-refractivity contribution is 0.226. The third-order valence-corrected chi connectivity index (χ3v) is 22.8. The maximum Gasteiger partial charge on any atom is 0.326 e. The lowest BCUT2D eigenvalue weighted by Gasteiger charge is -2.42. The monoisotopic (exact) mass is 513 g/mol. The van der Waals surface area contributed by atoms with Crippen LogP contribution in [0.25, 0.3) is 0 Å². The zero-order chi connectivity index (χ0) is 23.7. The highest BCUT2D eigenvalue weighted by atomic mass is 28.5. The minimum Gasteiger partial charge on any atom is -0.433 e. The van der Waals surface area contributed by atoms with Crippen LogP contribution in [-0.2, 0) is 25.6 Å². The summed E-state index contributed by atoms with van der Waals surface area (Å²) in [5, 5.41) is 0. The molecule has 0 saturated heterocycles. The van der Waals surface area contributed by atoms with Crippen molar-refractivity contribution in [3.05, 3.63) is 11.8 Å². The van der Waals surface area contributed by atoms with E-state index in [1.807, 2.05) is 13.0 Å². The quantitative estimate of drug-likeness (QED) is 0.303. The van der Waals surface area contributed by atoms with E-state index in [2.05, 4.69) is 64.6 Å². The smallest absolute Gasteiger partial charge is 0.326 e. The normalized spacial score (nSPS) is 16.3. The molecule has 1 atom stereocenters. The summed E-state index contributed by atoms with van der Waals surface area (Å²) in [6, 6.07) is 0.872. The first-order chi connectivity index (χ1) is 13.5. The third kappa shape index (κ3) is 13.8. The van der Waals surface area contributed by atoms with Crippen molar-refractivity contribution in [2.45, 2.75) is 78.3 Å². The Morgan fingerprint density at radius 1 is 0.767 bits per heavy atom. The second kappa shape index (κ2) is 12.7. The molecule has 180 valence electrons. The summed E-state index contributed by atoms with van der Waals surface area (Å²) in [4.78, 5) is 0. The van der Waals surface area contributed by atoms with Gasteiger partial charge in [0.1, 0.15) is 0 Å². The molecule has 0 fully saturated rings. The minimum atomic E-state index is -2.48. The van der Waals surface area contributed by atoms with Crippen LogP contribution in [0.1, 0.15) is 13.3 Å². The summed E-state index contributed by atoms with van der Waals surface area (Å²) in [5.74, 6) is 0. The van der Waals surface area contributed by atoms with Crippen LogP contribution in [0, 0.1) is 0 Å². The highest BCUT2D eigenvalue weighted by molar-refractivity contribution is 6.91. The molecule has 0 radical (unpaired) electrons. The Morgan fingerprint density at radius 2 is 1.27 bits per heavy atom. The molecule has 0 bridgehead atoms. The van der Waals surface area contributed by atoms with Crippen LogP contribution >= 0.6 is 0 Å². The number of nitrogens with two attached hydrogens (primary N) is 1. The second-order valence-electron chi connectivity index (χ2n) is 9.53. The van der Waals surface area contributed by atoms with Crippen molar-refractivity contribution in [3.63, 3.8) is 0 Å². The first-order valence-electron chi connectivity index (χ1n) is 10.8. The molecule has 1 unspecified atom stereocenters. The molecule has 0 spiro atoms. The van der Waals surface area contributed by atoms with Crippen LogP contribution in [0.4, 0.5) is 0 Å². The predicted octanol–water partition coefficient (Wildman–Crippen LogP) is 4.56. The number of hydrogen-bond donors (Lipinski definition) is 1. The Morgan fingerprint density at radius 3 is 1.73 bits per heavy atom. The fourth-order valence-corrected chi connectivity index (χ4v) is 27.2. The highest BCUT2D eigenvalue weighted by Crippen LogP contribution is 2.28. The maximum atomic E-state index is 6.59. The number of ether oxygens (including phenoxy) is 1. The predicted molar refractivity (Wildman–Crippen MR) is 137 cm³/mol. The number of rotatable bonds is 16.